The van der Waals surface area contributed by atoms with Crippen molar-refractivity contribution in [2.75, 3.05) is 14.2 Å². The SMILES string of the molecule is COc1ccc(-c2noc(CSc3nnc4c(Cl)cc(C(F)(F)F)cn34)n2)c(OC)c1. The second-order valence-corrected chi connectivity index (χ2v) is 7.47. The molecule has 0 spiro atoms. The van der Waals surface area contributed by atoms with E-state index in [0.29, 0.717) is 22.9 Å². The number of nitrogens with zero attached hydrogens (tertiary/aromatic N) is 5. The van der Waals surface area contributed by atoms with Gasteiger partial charge in [0, 0.05) is 12.3 Å². The van der Waals surface area contributed by atoms with Crippen LogP contribution < -0.4 is 9.47 Å². The largest absolute Gasteiger partial charge is 0.497 e. The summed E-state index contributed by atoms with van der Waals surface area (Å²) in [6, 6.07) is 5.95. The third-order valence-electron chi connectivity index (χ3n) is 4.20. The highest BCUT2D eigenvalue weighted by Crippen LogP contribution is 2.34. The van der Waals surface area contributed by atoms with Crippen LogP contribution in [0.5, 0.6) is 11.5 Å². The van der Waals surface area contributed by atoms with Gasteiger partial charge in [0.25, 0.3) is 0 Å². The van der Waals surface area contributed by atoms with E-state index in [0.717, 1.165) is 24.0 Å². The summed E-state index contributed by atoms with van der Waals surface area (Å²) in [5, 5.41) is 11.7. The van der Waals surface area contributed by atoms with Crippen LogP contribution in [0.1, 0.15) is 11.5 Å². The van der Waals surface area contributed by atoms with Crippen molar-refractivity contribution in [2.24, 2.45) is 0 Å². The molecule has 0 amide bonds. The number of methoxy groups -OCH3 is 2. The van der Waals surface area contributed by atoms with Crippen LogP contribution in [0.15, 0.2) is 40.1 Å². The molecule has 13 heteroatoms. The zero-order chi connectivity index (χ0) is 22.2. The topological polar surface area (TPSA) is 87.6 Å². The van der Waals surface area contributed by atoms with Crippen molar-refractivity contribution in [3.63, 3.8) is 0 Å². The van der Waals surface area contributed by atoms with Crippen LogP contribution in [0.4, 0.5) is 13.2 Å². The van der Waals surface area contributed by atoms with Crippen LogP contribution >= 0.6 is 23.4 Å². The summed E-state index contributed by atoms with van der Waals surface area (Å²) in [4.78, 5) is 4.32. The van der Waals surface area contributed by atoms with Gasteiger partial charge in [-0.05, 0) is 18.2 Å². The molecule has 0 atom stereocenters. The summed E-state index contributed by atoms with van der Waals surface area (Å²) in [6.07, 6.45) is -3.66. The average molecular weight is 472 g/mol. The smallest absolute Gasteiger partial charge is 0.417 e. The third kappa shape index (κ3) is 4.26. The van der Waals surface area contributed by atoms with Crippen LogP contribution in [0.3, 0.4) is 0 Å². The Morgan fingerprint density at radius 1 is 1.16 bits per heavy atom. The fraction of sp³-hybridized carbons (Fsp3) is 0.222. The first-order valence-corrected chi connectivity index (χ1v) is 9.95. The van der Waals surface area contributed by atoms with E-state index >= 15 is 0 Å². The highest BCUT2D eigenvalue weighted by Gasteiger charge is 2.32. The lowest BCUT2D eigenvalue weighted by molar-refractivity contribution is -0.137. The van der Waals surface area contributed by atoms with Crippen LogP contribution in [-0.4, -0.2) is 39.0 Å². The average Bonchev–Trinajstić information content (AvgIpc) is 3.38. The Balaban J connectivity index is 1.57. The number of alkyl halides is 3. The second kappa shape index (κ2) is 8.27. The van der Waals surface area contributed by atoms with Gasteiger partial charge < -0.3 is 14.0 Å². The number of fused-ring (bicyclic) bond motifs is 1. The first-order chi connectivity index (χ1) is 14.8. The minimum atomic E-state index is -4.55. The van der Waals surface area contributed by atoms with Crippen LogP contribution in [0, 0.1) is 0 Å². The van der Waals surface area contributed by atoms with Crippen LogP contribution in [0.25, 0.3) is 17.0 Å². The fourth-order valence-corrected chi connectivity index (χ4v) is 3.71. The number of aromatic nitrogens is 5. The maximum Gasteiger partial charge on any atom is 0.417 e. The molecule has 0 unspecified atom stereocenters. The van der Waals surface area contributed by atoms with E-state index < -0.39 is 11.7 Å². The molecule has 31 heavy (non-hydrogen) atoms. The molecule has 0 aliphatic carbocycles. The summed E-state index contributed by atoms with van der Waals surface area (Å²) in [5.74, 6) is 1.80. The van der Waals surface area contributed by atoms with Gasteiger partial charge >= 0.3 is 6.18 Å². The first kappa shape index (κ1) is 21.2. The first-order valence-electron chi connectivity index (χ1n) is 8.59. The predicted molar refractivity (Wildman–Crippen MR) is 105 cm³/mol. The quantitative estimate of drug-likeness (QED) is 0.372. The molecule has 0 radical (unpaired) electrons. The second-order valence-electron chi connectivity index (χ2n) is 6.12. The Morgan fingerprint density at radius 3 is 2.68 bits per heavy atom. The standard InChI is InChI=1S/C18H13ClF3N5O3S/c1-28-10-3-4-11(13(6-10)29-2)15-23-14(30-26-15)8-31-17-25-24-16-12(19)5-9(7-27(16)17)18(20,21)22/h3-7H,8H2,1-2H3. The van der Waals surface area contributed by atoms with Gasteiger partial charge in [0.1, 0.15) is 11.5 Å². The van der Waals surface area contributed by atoms with Gasteiger partial charge in [0.05, 0.1) is 36.1 Å². The van der Waals surface area contributed by atoms with Gasteiger partial charge in [-0.1, -0.05) is 28.5 Å². The Bertz CT molecular complexity index is 1240. The molecule has 0 saturated carbocycles. The van der Waals surface area contributed by atoms with E-state index in [1.807, 2.05) is 0 Å². The zero-order valence-electron chi connectivity index (χ0n) is 16.0. The molecular weight excluding hydrogens is 459 g/mol. The lowest BCUT2D eigenvalue weighted by Crippen LogP contribution is -2.07. The van der Waals surface area contributed by atoms with Gasteiger partial charge in [-0.3, -0.25) is 4.40 Å². The van der Waals surface area contributed by atoms with E-state index in [-0.39, 0.29) is 27.5 Å². The van der Waals surface area contributed by atoms with E-state index in [1.165, 1.54) is 18.6 Å². The number of hydrogen-bond donors (Lipinski definition) is 0. The molecular formula is C18H13ClF3N5O3S. The van der Waals surface area contributed by atoms with Crippen molar-refractivity contribution < 1.29 is 27.2 Å². The monoisotopic (exact) mass is 471 g/mol. The van der Waals surface area contributed by atoms with Crippen molar-refractivity contribution >= 4 is 29.0 Å². The molecule has 4 rings (SSSR count). The summed E-state index contributed by atoms with van der Waals surface area (Å²) < 4.78 is 56.2. The predicted octanol–water partition coefficient (Wildman–Crippen LogP) is 4.76. The van der Waals surface area contributed by atoms with Gasteiger partial charge in [-0.15, -0.1) is 10.2 Å². The molecule has 4 aromatic rings. The van der Waals surface area contributed by atoms with Crippen molar-refractivity contribution in [3.8, 4) is 22.9 Å². The number of pyridine rings is 1. The number of hydrogen-bond acceptors (Lipinski definition) is 8. The third-order valence-corrected chi connectivity index (χ3v) is 5.40. The molecule has 0 bridgehead atoms. The molecule has 0 fully saturated rings. The fourth-order valence-electron chi connectivity index (χ4n) is 2.72. The molecule has 0 aliphatic heterocycles. The van der Waals surface area contributed by atoms with Crippen molar-refractivity contribution in [1.82, 2.24) is 24.7 Å². The van der Waals surface area contributed by atoms with Gasteiger partial charge in [0.15, 0.2) is 10.8 Å². The van der Waals surface area contributed by atoms with E-state index in [1.54, 1.807) is 18.2 Å². The zero-order valence-corrected chi connectivity index (χ0v) is 17.5. The van der Waals surface area contributed by atoms with Crippen molar-refractivity contribution in [1.29, 1.82) is 0 Å². The lowest BCUT2D eigenvalue weighted by atomic mass is 10.2. The summed E-state index contributed by atoms with van der Waals surface area (Å²) in [7, 11) is 3.04. The number of thioether (sulfide) groups is 1. The summed E-state index contributed by atoms with van der Waals surface area (Å²) in [6.45, 7) is 0. The van der Waals surface area contributed by atoms with Gasteiger partial charge in [-0.2, -0.15) is 18.2 Å². The number of ether oxygens (including phenoxy) is 2. The molecule has 0 N–H and O–H groups in total. The number of halogens is 4. The van der Waals surface area contributed by atoms with Gasteiger partial charge in [0.2, 0.25) is 11.7 Å². The number of rotatable bonds is 6. The minimum Gasteiger partial charge on any atom is -0.497 e. The van der Waals surface area contributed by atoms with Gasteiger partial charge in [-0.25, -0.2) is 0 Å². The Morgan fingerprint density at radius 2 is 1.97 bits per heavy atom. The van der Waals surface area contributed by atoms with E-state index in [4.69, 9.17) is 25.6 Å². The minimum absolute atomic E-state index is 0.117. The summed E-state index contributed by atoms with van der Waals surface area (Å²) in [5.41, 5.74) is -0.192. The Labute approximate surface area is 182 Å². The molecule has 0 saturated heterocycles. The normalized spacial score (nSPS) is 11.8. The van der Waals surface area contributed by atoms with E-state index in [2.05, 4.69) is 20.3 Å². The van der Waals surface area contributed by atoms with Crippen molar-refractivity contribution in [3.05, 3.63) is 46.9 Å². The Hall–Kier alpha value is -2.99. The molecule has 162 valence electrons. The Kier molecular flexibility index (Phi) is 5.67. The van der Waals surface area contributed by atoms with Crippen LogP contribution in [-0.2, 0) is 11.9 Å². The van der Waals surface area contributed by atoms with E-state index in [9.17, 15) is 13.2 Å². The maximum absolute atomic E-state index is 13.1. The van der Waals surface area contributed by atoms with Crippen molar-refractivity contribution in [2.45, 2.75) is 17.1 Å². The number of benzene rings is 1. The highest BCUT2D eigenvalue weighted by molar-refractivity contribution is 7.98. The molecule has 3 heterocycles. The lowest BCUT2D eigenvalue weighted by Gasteiger charge is -2.08. The highest BCUT2D eigenvalue weighted by atomic mass is 35.5. The molecule has 0 aliphatic rings. The molecule has 3 aromatic heterocycles. The van der Waals surface area contributed by atoms with Crippen LogP contribution in [0.2, 0.25) is 5.02 Å². The summed E-state index contributed by atoms with van der Waals surface area (Å²) >= 11 is 7.00. The maximum atomic E-state index is 13.1. The molecule has 8 nitrogen and oxygen atoms in total. The molecule has 1 aromatic carbocycles.